The minimum Gasteiger partial charge on any atom is -0.311 e. The van der Waals surface area contributed by atoms with Crippen molar-refractivity contribution in [2.24, 2.45) is 0 Å². The van der Waals surface area contributed by atoms with Crippen molar-refractivity contribution in [1.29, 1.82) is 0 Å². The molecule has 0 aromatic carbocycles. The van der Waals surface area contributed by atoms with Crippen LogP contribution in [0.25, 0.3) is 0 Å². The number of nitrogens with one attached hydrogen (secondary N) is 1. The molecule has 0 atom stereocenters. The minimum atomic E-state index is 0.258. The van der Waals surface area contributed by atoms with Gasteiger partial charge in [0.15, 0.2) is 0 Å². The molecule has 18 heavy (non-hydrogen) atoms. The van der Waals surface area contributed by atoms with E-state index in [1.165, 1.54) is 0 Å². The number of nitrogens with zero attached hydrogens (tertiary/aromatic N) is 2. The maximum Gasteiger partial charge on any atom is 0.138 e. The molecule has 0 amide bonds. The van der Waals surface area contributed by atoms with Gasteiger partial charge in [-0.2, -0.15) is 0 Å². The van der Waals surface area contributed by atoms with Crippen LogP contribution in [-0.4, -0.2) is 21.3 Å². The summed E-state index contributed by atoms with van der Waals surface area (Å²) >= 11 is 1.89. The van der Waals surface area contributed by atoms with Gasteiger partial charge in [-0.3, -0.25) is 0 Å². The summed E-state index contributed by atoms with van der Waals surface area (Å²) in [5, 5.41) is 3.38. The Hall–Kier alpha value is -0.610. The first-order chi connectivity index (χ1) is 8.40. The highest BCUT2D eigenvalue weighted by atomic mass is 32.2. The first-order valence-corrected chi connectivity index (χ1v) is 7.57. The number of hydrogen-bond acceptors (Lipinski definition) is 4. The van der Waals surface area contributed by atoms with Gasteiger partial charge < -0.3 is 5.32 Å². The molecule has 0 radical (unpaired) electrons. The van der Waals surface area contributed by atoms with Gasteiger partial charge >= 0.3 is 0 Å². The molecule has 0 saturated carbocycles. The van der Waals surface area contributed by atoms with Gasteiger partial charge in [0.1, 0.15) is 5.82 Å². The van der Waals surface area contributed by atoms with Crippen molar-refractivity contribution in [3.8, 4) is 0 Å². The summed E-state index contributed by atoms with van der Waals surface area (Å²) in [6, 6.07) is 2.06. The van der Waals surface area contributed by atoms with E-state index in [2.05, 4.69) is 49.0 Å². The van der Waals surface area contributed by atoms with Crippen LogP contribution in [0.5, 0.6) is 0 Å². The second-order valence-corrected chi connectivity index (χ2v) is 7.30. The number of thioether (sulfide) groups is 1. The maximum absolute atomic E-state index is 4.61. The molecule has 0 aliphatic heterocycles. The average molecular weight is 267 g/mol. The quantitative estimate of drug-likeness (QED) is 0.802. The fourth-order valence-electron chi connectivity index (χ4n) is 1.53. The predicted molar refractivity (Wildman–Crippen MR) is 79.8 cm³/mol. The fourth-order valence-corrected chi connectivity index (χ4v) is 2.22. The highest BCUT2D eigenvalue weighted by Crippen LogP contribution is 2.26. The zero-order valence-corrected chi connectivity index (χ0v) is 13.0. The van der Waals surface area contributed by atoms with Crippen LogP contribution in [0.3, 0.4) is 0 Å². The Morgan fingerprint density at radius 2 is 2.00 bits per heavy atom. The smallest absolute Gasteiger partial charge is 0.138 e. The van der Waals surface area contributed by atoms with E-state index in [-0.39, 0.29) is 4.75 Å². The molecule has 0 saturated heterocycles. The van der Waals surface area contributed by atoms with E-state index in [0.29, 0.717) is 0 Å². The number of rotatable bonds is 6. The Morgan fingerprint density at radius 1 is 1.28 bits per heavy atom. The molecule has 0 aliphatic carbocycles. The van der Waals surface area contributed by atoms with Crippen LogP contribution in [-0.2, 0) is 12.3 Å². The van der Waals surface area contributed by atoms with E-state index < -0.39 is 0 Å². The average Bonchev–Trinajstić information content (AvgIpc) is 2.25. The lowest BCUT2D eigenvalue weighted by Crippen LogP contribution is -2.16. The van der Waals surface area contributed by atoms with Crippen LogP contribution in [0.15, 0.2) is 6.07 Å². The molecule has 1 aromatic heterocycles. The molecular weight excluding hydrogens is 242 g/mol. The zero-order chi connectivity index (χ0) is 13.6. The highest BCUT2D eigenvalue weighted by Gasteiger charge is 2.12. The van der Waals surface area contributed by atoms with Crippen LogP contribution in [0.1, 0.15) is 51.3 Å². The van der Waals surface area contributed by atoms with Gasteiger partial charge in [0.2, 0.25) is 0 Å². The molecule has 1 rings (SSSR count). The molecule has 0 aliphatic rings. The second-order valence-electron chi connectivity index (χ2n) is 5.49. The van der Waals surface area contributed by atoms with E-state index in [1.807, 2.05) is 18.7 Å². The number of aryl methyl sites for hydroxylation is 1. The maximum atomic E-state index is 4.61. The van der Waals surface area contributed by atoms with Crippen LogP contribution in [0, 0.1) is 6.92 Å². The molecule has 0 fully saturated rings. The predicted octanol–water partition coefficient (Wildman–Crippen LogP) is 3.32. The lowest BCUT2D eigenvalue weighted by molar-refractivity contribution is 0.659. The van der Waals surface area contributed by atoms with E-state index in [0.717, 1.165) is 42.5 Å². The van der Waals surface area contributed by atoms with Gasteiger partial charge in [0.25, 0.3) is 0 Å². The van der Waals surface area contributed by atoms with Crippen molar-refractivity contribution in [2.45, 2.75) is 58.1 Å². The third kappa shape index (κ3) is 6.36. The first-order valence-electron chi connectivity index (χ1n) is 6.59. The standard InChI is InChI=1S/C14H25N3S/c1-6-7-15-9-12-8-11(2)16-13(17-12)10-18-14(3,4)5/h8,15H,6-7,9-10H2,1-5H3. The summed E-state index contributed by atoms with van der Waals surface area (Å²) in [7, 11) is 0. The number of aromatic nitrogens is 2. The van der Waals surface area contributed by atoms with E-state index in [4.69, 9.17) is 0 Å². The molecule has 1 N–H and O–H groups in total. The first kappa shape index (κ1) is 15.4. The summed E-state index contributed by atoms with van der Waals surface area (Å²) < 4.78 is 0.258. The molecule has 1 aromatic rings. The Morgan fingerprint density at radius 3 is 2.61 bits per heavy atom. The Labute approximate surface area is 115 Å². The molecule has 0 spiro atoms. The number of hydrogen-bond donors (Lipinski definition) is 1. The van der Waals surface area contributed by atoms with E-state index in [1.54, 1.807) is 0 Å². The third-order valence-corrected chi connectivity index (χ3v) is 3.59. The molecule has 0 bridgehead atoms. The molecular formula is C14H25N3S. The Kier molecular flexibility index (Phi) is 6.09. The van der Waals surface area contributed by atoms with E-state index >= 15 is 0 Å². The summed E-state index contributed by atoms with van der Waals surface area (Å²) in [6.07, 6.45) is 1.15. The highest BCUT2D eigenvalue weighted by molar-refractivity contribution is 7.99. The molecule has 102 valence electrons. The van der Waals surface area contributed by atoms with Gasteiger partial charge in [-0.05, 0) is 26.0 Å². The van der Waals surface area contributed by atoms with Crippen molar-refractivity contribution in [1.82, 2.24) is 15.3 Å². The third-order valence-electron chi connectivity index (χ3n) is 2.32. The summed E-state index contributed by atoms with van der Waals surface area (Å²) in [5.41, 5.74) is 2.16. The van der Waals surface area contributed by atoms with Gasteiger partial charge in [0.05, 0.1) is 11.4 Å². The summed E-state index contributed by atoms with van der Waals surface area (Å²) in [5.74, 6) is 1.83. The van der Waals surface area contributed by atoms with Gasteiger partial charge in [-0.25, -0.2) is 9.97 Å². The largest absolute Gasteiger partial charge is 0.311 e. The van der Waals surface area contributed by atoms with Gasteiger partial charge in [0, 0.05) is 17.0 Å². The van der Waals surface area contributed by atoms with Gasteiger partial charge in [-0.15, -0.1) is 11.8 Å². The molecule has 3 nitrogen and oxygen atoms in total. The normalized spacial score (nSPS) is 11.8. The Bertz CT molecular complexity index is 372. The van der Waals surface area contributed by atoms with Crippen LogP contribution in [0.4, 0.5) is 0 Å². The van der Waals surface area contributed by atoms with Crippen molar-refractivity contribution in [3.05, 3.63) is 23.3 Å². The summed E-state index contributed by atoms with van der Waals surface area (Å²) in [6.45, 7) is 12.7. The van der Waals surface area contributed by atoms with Crippen LogP contribution >= 0.6 is 11.8 Å². The van der Waals surface area contributed by atoms with Crippen LogP contribution < -0.4 is 5.32 Å². The van der Waals surface area contributed by atoms with Crippen molar-refractivity contribution in [2.75, 3.05) is 6.54 Å². The van der Waals surface area contributed by atoms with E-state index in [9.17, 15) is 0 Å². The molecule has 4 heteroatoms. The lowest BCUT2D eigenvalue weighted by atomic mass is 10.3. The second kappa shape index (κ2) is 7.10. The minimum absolute atomic E-state index is 0.258. The fraction of sp³-hybridized carbons (Fsp3) is 0.714. The Balaban J connectivity index is 2.62. The van der Waals surface area contributed by atoms with Crippen molar-refractivity contribution < 1.29 is 0 Å². The summed E-state index contributed by atoms with van der Waals surface area (Å²) in [4.78, 5) is 9.12. The van der Waals surface area contributed by atoms with Crippen molar-refractivity contribution in [3.63, 3.8) is 0 Å². The molecule has 0 unspecified atom stereocenters. The van der Waals surface area contributed by atoms with Crippen LogP contribution in [0.2, 0.25) is 0 Å². The van der Waals surface area contributed by atoms with Crippen molar-refractivity contribution >= 4 is 11.8 Å². The topological polar surface area (TPSA) is 37.8 Å². The lowest BCUT2D eigenvalue weighted by Gasteiger charge is -2.17. The van der Waals surface area contributed by atoms with Gasteiger partial charge in [-0.1, -0.05) is 27.7 Å². The molecule has 1 heterocycles. The SMILES string of the molecule is CCCNCc1cc(C)nc(CSC(C)(C)C)n1. The zero-order valence-electron chi connectivity index (χ0n) is 12.2. The monoisotopic (exact) mass is 267 g/mol.